The predicted molar refractivity (Wildman–Crippen MR) is 91.0 cm³/mol. The zero-order valence-corrected chi connectivity index (χ0v) is 14.0. The van der Waals surface area contributed by atoms with Crippen molar-refractivity contribution >= 4 is 21.6 Å². The molecule has 2 unspecified atom stereocenters. The van der Waals surface area contributed by atoms with E-state index in [1.165, 1.54) is 11.1 Å². The van der Waals surface area contributed by atoms with E-state index >= 15 is 0 Å². The van der Waals surface area contributed by atoms with E-state index in [9.17, 15) is 0 Å². The minimum atomic E-state index is 0.0138. The van der Waals surface area contributed by atoms with Crippen molar-refractivity contribution in [1.82, 2.24) is 5.01 Å². The molecular formula is C18H17BrN2O. The van der Waals surface area contributed by atoms with Crippen molar-refractivity contribution in [3.63, 3.8) is 0 Å². The summed E-state index contributed by atoms with van der Waals surface area (Å²) in [6.07, 6.45) is 1.85. The van der Waals surface area contributed by atoms with Crippen LogP contribution in [-0.4, -0.2) is 16.9 Å². The largest absolute Gasteiger partial charge is 0.469 e. The molecule has 2 aromatic rings. The number of benzene rings is 2. The Kier molecular flexibility index (Phi) is 3.41. The Hall–Kier alpha value is -1.81. The van der Waals surface area contributed by atoms with Gasteiger partial charge in [-0.05, 0) is 23.8 Å². The first-order valence-corrected chi connectivity index (χ1v) is 8.43. The van der Waals surface area contributed by atoms with Crippen LogP contribution in [0.2, 0.25) is 0 Å². The summed E-state index contributed by atoms with van der Waals surface area (Å²) in [7, 11) is 0. The number of rotatable bonds is 2. The molecular weight excluding hydrogens is 340 g/mol. The molecule has 4 rings (SSSR count). The molecule has 3 nitrogen and oxygen atoms in total. The second-order valence-electron chi connectivity index (χ2n) is 5.68. The van der Waals surface area contributed by atoms with Crippen molar-refractivity contribution in [3.8, 4) is 5.75 Å². The van der Waals surface area contributed by atoms with Gasteiger partial charge < -0.3 is 4.74 Å². The van der Waals surface area contributed by atoms with Crippen molar-refractivity contribution < 1.29 is 4.74 Å². The number of hydrogen-bond acceptors (Lipinski definition) is 3. The Labute approximate surface area is 138 Å². The maximum atomic E-state index is 6.13. The minimum Gasteiger partial charge on any atom is -0.469 e. The van der Waals surface area contributed by atoms with Gasteiger partial charge in [-0.15, -0.1) is 0 Å². The third-order valence-electron chi connectivity index (χ3n) is 4.29. The zero-order valence-electron chi connectivity index (χ0n) is 12.4. The maximum Gasteiger partial charge on any atom is 0.187 e. The summed E-state index contributed by atoms with van der Waals surface area (Å²) in [4.78, 5) is 0. The van der Waals surface area contributed by atoms with E-state index in [-0.39, 0.29) is 12.3 Å². The highest BCUT2D eigenvalue weighted by Crippen LogP contribution is 2.44. The van der Waals surface area contributed by atoms with Crippen LogP contribution in [0.1, 0.15) is 36.9 Å². The van der Waals surface area contributed by atoms with E-state index in [4.69, 9.17) is 9.84 Å². The molecule has 2 aliphatic heterocycles. The Morgan fingerprint density at radius 2 is 2.05 bits per heavy atom. The molecule has 22 heavy (non-hydrogen) atoms. The topological polar surface area (TPSA) is 24.8 Å². The SMILES string of the molecule is CCC1Oc2ccc(Br)cc2C2CC(c3ccccc3)=NN12. The minimum absolute atomic E-state index is 0.0138. The van der Waals surface area contributed by atoms with Gasteiger partial charge in [-0.25, -0.2) is 0 Å². The Morgan fingerprint density at radius 1 is 1.23 bits per heavy atom. The fraction of sp³-hybridized carbons (Fsp3) is 0.278. The summed E-state index contributed by atoms with van der Waals surface area (Å²) >= 11 is 3.57. The standard InChI is InChI=1S/C18H17BrN2O/c1-2-18-21-16(14-10-13(19)8-9-17(14)22-18)11-15(20-21)12-6-4-3-5-7-12/h3-10,16,18H,2,11H2,1H3. The second kappa shape index (κ2) is 5.43. The number of halogens is 1. The number of hydrogen-bond donors (Lipinski definition) is 0. The molecule has 0 N–H and O–H groups in total. The smallest absolute Gasteiger partial charge is 0.187 e. The van der Waals surface area contributed by atoms with Gasteiger partial charge in [-0.1, -0.05) is 53.2 Å². The lowest BCUT2D eigenvalue weighted by Gasteiger charge is -2.37. The number of nitrogens with zero attached hydrogens (tertiary/aromatic N) is 2. The van der Waals surface area contributed by atoms with Crippen molar-refractivity contribution in [2.45, 2.75) is 32.0 Å². The van der Waals surface area contributed by atoms with E-state index in [2.05, 4.69) is 64.3 Å². The fourth-order valence-corrected chi connectivity index (χ4v) is 3.59. The van der Waals surface area contributed by atoms with Crippen LogP contribution in [0.5, 0.6) is 5.75 Å². The van der Waals surface area contributed by atoms with Gasteiger partial charge in [0.15, 0.2) is 6.23 Å². The van der Waals surface area contributed by atoms with Crippen LogP contribution >= 0.6 is 15.9 Å². The van der Waals surface area contributed by atoms with Crippen LogP contribution in [0, 0.1) is 0 Å². The van der Waals surface area contributed by atoms with E-state index in [1.807, 2.05) is 12.1 Å². The summed E-state index contributed by atoms with van der Waals surface area (Å²) in [5.74, 6) is 0.987. The van der Waals surface area contributed by atoms with Crippen molar-refractivity contribution in [3.05, 3.63) is 64.1 Å². The molecule has 0 aliphatic carbocycles. The second-order valence-corrected chi connectivity index (χ2v) is 6.59. The molecule has 0 fully saturated rings. The molecule has 0 saturated heterocycles. The van der Waals surface area contributed by atoms with E-state index < -0.39 is 0 Å². The van der Waals surface area contributed by atoms with Gasteiger partial charge in [0.05, 0.1) is 11.8 Å². The molecule has 2 atom stereocenters. The highest BCUT2D eigenvalue weighted by Gasteiger charge is 2.39. The lowest BCUT2D eigenvalue weighted by Crippen LogP contribution is -2.39. The molecule has 0 radical (unpaired) electrons. The molecule has 4 heteroatoms. The molecule has 2 aromatic carbocycles. The summed E-state index contributed by atoms with van der Waals surface area (Å²) < 4.78 is 7.21. The zero-order chi connectivity index (χ0) is 15.1. The Morgan fingerprint density at radius 3 is 2.82 bits per heavy atom. The Balaban J connectivity index is 1.75. The molecule has 0 aromatic heterocycles. The van der Waals surface area contributed by atoms with E-state index in [0.29, 0.717) is 0 Å². The molecule has 112 valence electrons. The molecule has 2 aliphatic rings. The first-order chi connectivity index (χ1) is 10.8. The van der Waals surface area contributed by atoms with Gasteiger partial charge in [-0.2, -0.15) is 5.10 Å². The molecule has 0 bridgehead atoms. The third-order valence-corrected chi connectivity index (χ3v) is 4.78. The first-order valence-electron chi connectivity index (χ1n) is 7.63. The monoisotopic (exact) mass is 356 g/mol. The van der Waals surface area contributed by atoms with Crippen molar-refractivity contribution in [2.75, 3.05) is 0 Å². The average molecular weight is 357 g/mol. The van der Waals surface area contributed by atoms with Crippen LogP contribution in [0.15, 0.2) is 58.1 Å². The van der Waals surface area contributed by atoms with E-state index in [1.54, 1.807) is 0 Å². The summed E-state index contributed by atoms with van der Waals surface area (Å²) in [5.41, 5.74) is 3.55. The van der Waals surface area contributed by atoms with Gasteiger partial charge in [0.2, 0.25) is 0 Å². The lowest BCUT2D eigenvalue weighted by atomic mass is 9.96. The lowest BCUT2D eigenvalue weighted by molar-refractivity contribution is -0.0188. The Bertz CT molecular complexity index is 729. The molecule has 0 saturated carbocycles. The van der Waals surface area contributed by atoms with E-state index in [0.717, 1.165) is 28.8 Å². The van der Waals surface area contributed by atoms with Crippen molar-refractivity contribution in [1.29, 1.82) is 0 Å². The average Bonchev–Trinajstić information content (AvgIpc) is 3.01. The fourth-order valence-electron chi connectivity index (χ4n) is 3.21. The van der Waals surface area contributed by atoms with Gasteiger partial charge in [-0.3, -0.25) is 5.01 Å². The van der Waals surface area contributed by atoms with Crippen LogP contribution in [0.25, 0.3) is 0 Å². The van der Waals surface area contributed by atoms with Gasteiger partial charge >= 0.3 is 0 Å². The van der Waals surface area contributed by atoms with Gasteiger partial charge in [0.1, 0.15) is 5.75 Å². The molecule has 0 amide bonds. The highest BCUT2D eigenvalue weighted by atomic mass is 79.9. The summed E-state index contributed by atoms with van der Waals surface area (Å²) in [6.45, 7) is 2.14. The summed E-state index contributed by atoms with van der Waals surface area (Å²) in [5, 5.41) is 7.01. The highest BCUT2D eigenvalue weighted by molar-refractivity contribution is 9.10. The van der Waals surface area contributed by atoms with Gasteiger partial charge in [0.25, 0.3) is 0 Å². The van der Waals surface area contributed by atoms with Crippen LogP contribution in [0.3, 0.4) is 0 Å². The normalized spacial score (nSPS) is 22.6. The van der Waals surface area contributed by atoms with Crippen molar-refractivity contribution in [2.24, 2.45) is 5.10 Å². The number of fused-ring (bicyclic) bond motifs is 3. The van der Waals surface area contributed by atoms with Crippen LogP contribution in [-0.2, 0) is 0 Å². The number of ether oxygens (including phenoxy) is 1. The van der Waals surface area contributed by atoms with Crippen LogP contribution < -0.4 is 4.74 Å². The van der Waals surface area contributed by atoms with Crippen LogP contribution in [0.4, 0.5) is 0 Å². The maximum absolute atomic E-state index is 6.13. The molecule has 0 spiro atoms. The third kappa shape index (κ3) is 2.22. The first kappa shape index (κ1) is 13.8. The number of hydrazone groups is 1. The molecule has 2 heterocycles. The quantitative estimate of drug-likeness (QED) is 0.776. The summed E-state index contributed by atoms with van der Waals surface area (Å²) in [6, 6.07) is 16.9. The predicted octanol–water partition coefficient (Wildman–Crippen LogP) is 4.73. The van der Waals surface area contributed by atoms with Gasteiger partial charge in [0, 0.05) is 22.9 Å².